The zero-order chi connectivity index (χ0) is 19.2. The molecule has 0 aromatic heterocycles. The van der Waals surface area contributed by atoms with E-state index in [-0.39, 0.29) is 24.0 Å². The predicted molar refractivity (Wildman–Crippen MR) is 99.5 cm³/mol. The van der Waals surface area contributed by atoms with E-state index in [1.165, 1.54) is 0 Å². The van der Waals surface area contributed by atoms with Gasteiger partial charge in [-0.05, 0) is 56.4 Å². The lowest BCUT2D eigenvalue weighted by Gasteiger charge is -2.13. The fourth-order valence-corrected chi connectivity index (χ4v) is 3.51. The maximum absolute atomic E-state index is 12.3. The van der Waals surface area contributed by atoms with E-state index in [2.05, 4.69) is 16.0 Å². The molecular formula is C19H25N3O5. The molecule has 1 aromatic rings. The maximum Gasteiger partial charge on any atom is 0.319 e. The van der Waals surface area contributed by atoms with E-state index in [1.54, 1.807) is 24.3 Å². The highest BCUT2D eigenvalue weighted by atomic mass is 16.5. The molecule has 3 atom stereocenters. The summed E-state index contributed by atoms with van der Waals surface area (Å²) in [4.78, 5) is 35.2. The maximum atomic E-state index is 12.3. The van der Waals surface area contributed by atoms with Gasteiger partial charge in [0.1, 0.15) is 0 Å². The molecule has 1 aliphatic carbocycles. The molecule has 3 rings (SSSR count). The minimum atomic E-state index is -0.835. The highest BCUT2D eigenvalue weighted by Crippen LogP contribution is 2.32. The number of nitrogens with one attached hydrogen (secondary N) is 3. The van der Waals surface area contributed by atoms with Crippen molar-refractivity contribution in [3.05, 3.63) is 24.3 Å². The molecule has 1 unspecified atom stereocenters. The lowest BCUT2D eigenvalue weighted by molar-refractivity contribution is -0.141. The van der Waals surface area contributed by atoms with Gasteiger partial charge in [-0.3, -0.25) is 9.59 Å². The number of rotatable bonds is 6. The van der Waals surface area contributed by atoms with E-state index in [4.69, 9.17) is 9.84 Å². The smallest absolute Gasteiger partial charge is 0.319 e. The summed E-state index contributed by atoms with van der Waals surface area (Å²) in [6, 6.07) is 6.52. The van der Waals surface area contributed by atoms with E-state index < -0.39 is 11.9 Å². The number of hydrogen-bond donors (Lipinski definition) is 4. The second-order valence-electron chi connectivity index (χ2n) is 7.08. The number of benzene rings is 1. The molecule has 3 amide bonds. The van der Waals surface area contributed by atoms with Crippen molar-refractivity contribution in [3.8, 4) is 0 Å². The zero-order valence-electron chi connectivity index (χ0n) is 15.1. The number of amides is 3. The van der Waals surface area contributed by atoms with Crippen molar-refractivity contribution in [2.75, 3.05) is 23.8 Å². The van der Waals surface area contributed by atoms with Crippen LogP contribution < -0.4 is 16.0 Å². The third-order valence-corrected chi connectivity index (χ3v) is 5.08. The first-order valence-corrected chi connectivity index (χ1v) is 9.31. The molecule has 1 saturated carbocycles. The third kappa shape index (κ3) is 5.43. The number of carbonyl (C=O) groups is 3. The standard InChI is InChI=1S/C19H25N3O5/c23-17(12-3-4-13(10-12)18(24)25)21-14-5-7-15(8-6-14)22-19(26)20-11-16-2-1-9-27-16/h5-8,12-13,16H,1-4,9-11H2,(H,21,23)(H,24,25)(H2,20,22,26)/t12-,13+,16?/m0/s1. The Bertz CT molecular complexity index is 685. The molecule has 1 saturated heterocycles. The Morgan fingerprint density at radius 2 is 1.67 bits per heavy atom. The Kier molecular flexibility index (Phi) is 6.28. The summed E-state index contributed by atoms with van der Waals surface area (Å²) >= 11 is 0. The number of carbonyl (C=O) groups excluding carboxylic acids is 2. The fraction of sp³-hybridized carbons (Fsp3) is 0.526. The van der Waals surface area contributed by atoms with Crippen molar-refractivity contribution in [1.82, 2.24) is 5.32 Å². The van der Waals surface area contributed by atoms with Crippen LogP contribution >= 0.6 is 0 Å². The predicted octanol–water partition coefficient (Wildman–Crippen LogP) is 2.43. The zero-order valence-corrected chi connectivity index (χ0v) is 15.1. The van der Waals surface area contributed by atoms with Crippen LogP contribution in [0.1, 0.15) is 32.1 Å². The molecule has 8 heteroatoms. The number of carboxylic acid groups (broad SMARTS) is 1. The first-order valence-electron chi connectivity index (χ1n) is 9.31. The second-order valence-corrected chi connectivity index (χ2v) is 7.08. The summed E-state index contributed by atoms with van der Waals surface area (Å²) in [5, 5.41) is 17.3. The molecule has 1 aliphatic heterocycles. The van der Waals surface area contributed by atoms with Crippen molar-refractivity contribution < 1.29 is 24.2 Å². The first kappa shape index (κ1) is 19.2. The number of hydrogen-bond acceptors (Lipinski definition) is 4. The SMILES string of the molecule is O=C(NCC1CCCO1)Nc1ccc(NC(=O)[C@H]2CC[C@@H](C(=O)O)C2)cc1. The molecule has 2 aliphatic rings. The number of carboxylic acids is 1. The molecule has 1 aromatic carbocycles. The van der Waals surface area contributed by atoms with E-state index in [9.17, 15) is 14.4 Å². The molecule has 2 fully saturated rings. The van der Waals surface area contributed by atoms with Gasteiger partial charge in [0, 0.05) is 30.4 Å². The Labute approximate surface area is 157 Å². The molecule has 0 bridgehead atoms. The number of anilines is 2. The second kappa shape index (κ2) is 8.85. The molecular weight excluding hydrogens is 350 g/mol. The lowest BCUT2D eigenvalue weighted by Crippen LogP contribution is -2.35. The van der Waals surface area contributed by atoms with Crippen LogP contribution in [0.5, 0.6) is 0 Å². The number of urea groups is 1. The van der Waals surface area contributed by atoms with Crippen LogP contribution in [0.25, 0.3) is 0 Å². The summed E-state index contributed by atoms with van der Waals surface area (Å²) in [5.41, 5.74) is 1.23. The van der Waals surface area contributed by atoms with Gasteiger partial charge >= 0.3 is 12.0 Å². The molecule has 0 spiro atoms. The van der Waals surface area contributed by atoms with Crippen LogP contribution in [0.2, 0.25) is 0 Å². The van der Waals surface area contributed by atoms with Crippen LogP contribution in [-0.2, 0) is 14.3 Å². The molecule has 146 valence electrons. The van der Waals surface area contributed by atoms with Gasteiger partial charge in [-0.2, -0.15) is 0 Å². The normalized spacial score (nSPS) is 24.4. The summed E-state index contributed by atoms with van der Waals surface area (Å²) in [7, 11) is 0. The van der Waals surface area contributed by atoms with Gasteiger partial charge in [0.15, 0.2) is 0 Å². The van der Waals surface area contributed by atoms with Gasteiger partial charge in [-0.25, -0.2) is 4.79 Å². The van der Waals surface area contributed by atoms with Gasteiger partial charge in [-0.15, -0.1) is 0 Å². The van der Waals surface area contributed by atoms with Crippen LogP contribution in [-0.4, -0.2) is 42.3 Å². The first-order chi connectivity index (χ1) is 13.0. The van der Waals surface area contributed by atoms with Crippen molar-refractivity contribution in [2.24, 2.45) is 11.8 Å². The molecule has 0 radical (unpaired) electrons. The van der Waals surface area contributed by atoms with Crippen LogP contribution in [0.3, 0.4) is 0 Å². The topological polar surface area (TPSA) is 117 Å². The minimum Gasteiger partial charge on any atom is -0.481 e. The van der Waals surface area contributed by atoms with Crippen molar-refractivity contribution >= 4 is 29.3 Å². The average molecular weight is 375 g/mol. The highest BCUT2D eigenvalue weighted by molar-refractivity contribution is 5.94. The molecule has 27 heavy (non-hydrogen) atoms. The van der Waals surface area contributed by atoms with E-state index in [0.29, 0.717) is 37.2 Å². The lowest BCUT2D eigenvalue weighted by atomic mass is 10.0. The molecule has 4 N–H and O–H groups in total. The largest absolute Gasteiger partial charge is 0.481 e. The fourth-order valence-electron chi connectivity index (χ4n) is 3.51. The van der Waals surface area contributed by atoms with E-state index >= 15 is 0 Å². The number of aliphatic carboxylic acids is 1. The van der Waals surface area contributed by atoms with Crippen LogP contribution in [0, 0.1) is 11.8 Å². The summed E-state index contributed by atoms with van der Waals surface area (Å²) in [5.74, 6) is -1.69. The van der Waals surface area contributed by atoms with Crippen LogP contribution in [0.15, 0.2) is 24.3 Å². The quantitative estimate of drug-likeness (QED) is 0.609. The van der Waals surface area contributed by atoms with Gasteiger partial charge < -0.3 is 25.8 Å². The Hall–Kier alpha value is -2.61. The Morgan fingerprint density at radius 1 is 1.00 bits per heavy atom. The van der Waals surface area contributed by atoms with Crippen molar-refractivity contribution in [3.63, 3.8) is 0 Å². The van der Waals surface area contributed by atoms with E-state index in [0.717, 1.165) is 19.4 Å². The third-order valence-electron chi connectivity index (χ3n) is 5.08. The molecule has 8 nitrogen and oxygen atoms in total. The summed E-state index contributed by atoms with van der Waals surface area (Å²) in [6.07, 6.45) is 3.59. The van der Waals surface area contributed by atoms with Crippen LogP contribution in [0.4, 0.5) is 16.2 Å². The van der Waals surface area contributed by atoms with Gasteiger partial charge in [0.2, 0.25) is 5.91 Å². The van der Waals surface area contributed by atoms with Crippen molar-refractivity contribution in [2.45, 2.75) is 38.2 Å². The van der Waals surface area contributed by atoms with Gasteiger partial charge in [-0.1, -0.05) is 0 Å². The highest BCUT2D eigenvalue weighted by Gasteiger charge is 2.33. The van der Waals surface area contributed by atoms with E-state index in [1.807, 2.05) is 0 Å². The molecule has 1 heterocycles. The Balaban J connectivity index is 1.43. The summed E-state index contributed by atoms with van der Waals surface area (Å²) < 4.78 is 5.45. The minimum absolute atomic E-state index is 0.0876. The monoisotopic (exact) mass is 375 g/mol. The average Bonchev–Trinajstić information content (AvgIpc) is 3.33. The van der Waals surface area contributed by atoms with Gasteiger partial charge in [0.05, 0.1) is 12.0 Å². The van der Waals surface area contributed by atoms with Gasteiger partial charge in [0.25, 0.3) is 0 Å². The number of ether oxygens (including phenoxy) is 1. The van der Waals surface area contributed by atoms with Crippen molar-refractivity contribution in [1.29, 1.82) is 0 Å². The summed E-state index contributed by atoms with van der Waals surface area (Å²) in [6.45, 7) is 1.23. The Morgan fingerprint density at radius 3 is 2.26 bits per heavy atom.